The predicted molar refractivity (Wildman–Crippen MR) is 125 cm³/mol. The van der Waals surface area contributed by atoms with Gasteiger partial charge in [0, 0.05) is 23.6 Å². The van der Waals surface area contributed by atoms with Crippen molar-refractivity contribution in [3.05, 3.63) is 58.7 Å². The van der Waals surface area contributed by atoms with E-state index in [1.165, 1.54) is 0 Å². The highest BCUT2D eigenvalue weighted by Gasteiger charge is 2.20. The van der Waals surface area contributed by atoms with Crippen LogP contribution in [0.3, 0.4) is 0 Å². The summed E-state index contributed by atoms with van der Waals surface area (Å²) in [7, 11) is 0. The molecule has 2 aromatic rings. The van der Waals surface area contributed by atoms with Crippen molar-refractivity contribution in [2.24, 2.45) is 9.98 Å². The van der Waals surface area contributed by atoms with E-state index in [0.29, 0.717) is 11.1 Å². The Hall–Kier alpha value is -2.66. The van der Waals surface area contributed by atoms with Gasteiger partial charge in [-0.25, -0.2) is 0 Å². The summed E-state index contributed by atoms with van der Waals surface area (Å²) in [6.45, 7) is 12.6. The van der Waals surface area contributed by atoms with Gasteiger partial charge in [0.1, 0.15) is 11.5 Å². The first kappa shape index (κ1) is 23.6. The van der Waals surface area contributed by atoms with Gasteiger partial charge in [-0.3, -0.25) is 9.98 Å². The van der Waals surface area contributed by atoms with Crippen molar-refractivity contribution in [3.8, 4) is 11.5 Å². The zero-order chi connectivity index (χ0) is 22.5. The van der Waals surface area contributed by atoms with Gasteiger partial charge in [-0.15, -0.1) is 0 Å². The Morgan fingerprint density at radius 3 is 1.43 bits per heavy atom. The maximum atomic E-state index is 10.5. The SMILES string of the molecule is CC(C)(C)c1cccc(C=NCC(O)CN=Cc2cccc(C(C)(C)C)c2O)c1O. The van der Waals surface area contributed by atoms with Gasteiger partial charge in [0.05, 0.1) is 19.2 Å². The Balaban J connectivity index is 1.99. The molecule has 0 aliphatic heterocycles. The molecule has 0 saturated heterocycles. The molecule has 0 aromatic heterocycles. The van der Waals surface area contributed by atoms with Crippen molar-refractivity contribution in [1.29, 1.82) is 0 Å². The maximum absolute atomic E-state index is 10.5. The third kappa shape index (κ3) is 6.17. The molecule has 5 nitrogen and oxygen atoms in total. The first-order valence-corrected chi connectivity index (χ1v) is 10.2. The number of hydrogen-bond acceptors (Lipinski definition) is 5. The Morgan fingerprint density at radius 2 is 1.10 bits per heavy atom. The van der Waals surface area contributed by atoms with Gasteiger partial charge in [0.25, 0.3) is 0 Å². The zero-order valence-corrected chi connectivity index (χ0v) is 18.8. The Bertz CT molecular complexity index is 843. The lowest BCUT2D eigenvalue weighted by atomic mass is 9.85. The number of rotatable bonds is 6. The third-order valence-electron chi connectivity index (χ3n) is 4.84. The fourth-order valence-corrected chi connectivity index (χ4v) is 3.14. The molecular weight excluding hydrogens is 376 g/mol. The van der Waals surface area contributed by atoms with Gasteiger partial charge in [-0.05, 0) is 34.1 Å². The van der Waals surface area contributed by atoms with Crippen LogP contribution >= 0.6 is 0 Å². The molecule has 0 bridgehead atoms. The highest BCUT2D eigenvalue weighted by atomic mass is 16.3. The fourth-order valence-electron chi connectivity index (χ4n) is 3.14. The van der Waals surface area contributed by atoms with Gasteiger partial charge in [0.15, 0.2) is 0 Å². The molecule has 0 radical (unpaired) electrons. The molecule has 0 unspecified atom stereocenters. The van der Waals surface area contributed by atoms with Crippen molar-refractivity contribution >= 4 is 12.4 Å². The highest BCUT2D eigenvalue weighted by molar-refractivity contribution is 5.85. The van der Waals surface area contributed by atoms with Crippen LogP contribution < -0.4 is 0 Å². The number of phenolic OH excluding ortho intramolecular Hbond substituents is 2. The number of hydrogen-bond donors (Lipinski definition) is 3. The van der Waals surface area contributed by atoms with E-state index in [-0.39, 0.29) is 35.4 Å². The van der Waals surface area contributed by atoms with Gasteiger partial charge >= 0.3 is 0 Å². The summed E-state index contributed by atoms with van der Waals surface area (Å²) in [4.78, 5) is 8.51. The molecule has 0 atom stereocenters. The number of nitrogens with zero attached hydrogens (tertiary/aromatic N) is 2. The second-order valence-electron chi connectivity index (χ2n) is 9.63. The third-order valence-corrected chi connectivity index (χ3v) is 4.84. The van der Waals surface area contributed by atoms with Crippen LogP contribution in [0.5, 0.6) is 11.5 Å². The zero-order valence-electron chi connectivity index (χ0n) is 18.8. The first-order chi connectivity index (χ1) is 13.9. The molecular formula is C25H34N2O3. The summed E-state index contributed by atoms with van der Waals surface area (Å²) >= 11 is 0. The number of aromatic hydroxyl groups is 2. The van der Waals surface area contributed by atoms with Crippen LogP contribution in [0.1, 0.15) is 63.8 Å². The normalized spacial score (nSPS) is 14.0. The molecule has 5 heteroatoms. The number of aliphatic hydroxyl groups is 1. The van der Waals surface area contributed by atoms with Gasteiger partial charge < -0.3 is 15.3 Å². The lowest BCUT2D eigenvalue weighted by molar-refractivity contribution is 0.193. The monoisotopic (exact) mass is 410 g/mol. The fraction of sp³-hybridized carbons (Fsp3) is 0.440. The average Bonchev–Trinajstić information content (AvgIpc) is 2.62. The standard InChI is InChI=1S/C25H34N2O3/c1-24(2,3)20-11-7-9-17(22(20)29)13-26-15-19(28)16-27-14-18-10-8-12-21(23(18)30)25(4,5)6/h7-14,19,28-30H,15-16H2,1-6H3. The predicted octanol–water partition coefficient (Wildman–Crippen LogP) is 4.59. The van der Waals surface area contributed by atoms with E-state index in [1.807, 2.05) is 65.8 Å². The minimum Gasteiger partial charge on any atom is -0.507 e. The lowest BCUT2D eigenvalue weighted by Gasteiger charge is -2.21. The Morgan fingerprint density at radius 1 is 0.733 bits per heavy atom. The maximum Gasteiger partial charge on any atom is 0.128 e. The topological polar surface area (TPSA) is 85.4 Å². The van der Waals surface area contributed by atoms with E-state index in [1.54, 1.807) is 24.6 Å². The van der Waals surface area contributed by atoms with E-state index in [9.17, 15) is 15.3 Å². The Labute approximate surface area is 179 Å². The second kappa shape index (κ2) is 9.43. The summed E-state index contributed by atoms with van der Waals surface area (Å²) in [5.41, 5.74) is 2.63. The molecule has 30 heavy (non-hydrogen) atoms. The molecule has 0 saturated carbocycles. The summed E-state index contributed by atoms with van der Waals surface area (Å²) in [6, 6.07) is 11.2. The summed E-state index contributed by atoms with van der Waals surface area (Å²) in [5.74, 6) is 0.436. The van der Waals surface area contributed by atoms with Crippen LogP contribution in [0, 0.1) is 0 Å². The van der Waals surface area contributed by atoms with Crippen LogP contribution in [0.2, 0.25) is 0 Å². The van der Waals surface area contributed by atoms with Gasteiger partial charge in [-0.1, -0.05) is 65.8 Å². The molecule has 0 aliphatic rings. The minimum atomic E-state index is -0.751. The van der Waals surface area contributed by atoms with E-state index >= 15 is 0 Å². The second-order valence-corrected chi connectivity index (χ2v) is 9.63. The number of aliphatic hydroxyl groups excluding tert-OH is 1. The van der Waals surface area contributed by atoms with Crippen molar-refractivity contribution in [2.45, 2.75) is 58.5 Å². The van der Waals surface area contributed by atoms with E-state index in [2.05, 4.69) is 9.98 Å². The van der Waals surface area contributed by atoms with Crippen molar-refractivity contribution in [1.82, 2.24) is 0 Å². The van der Waals surface area contributed by atoms with Crippen LogP contribution in [0.4, 0.5) is 0 Å². The molecule has 0 fully saturated rings. The highest BCUT2D eigenvalue weighted by Crippen LogP contribution is 2.33. The summed E-state index contributed by atoms with van der Waals surface area (Å²) in [5, 5.41) is 31.1. The first-order valence-electron chi connectivity index (χ1n) is 10.2. The molecule has 0 heterocycles. The van der Waals surface area contributed by atoms with Crippen molar-refractivity contribution < 1.29 is 15.3 Å². The smallest absolute Gasteiger partial charge is 0.128 e. The molecule has 0 aliphatic carbocycles. The number of phenols is 2. The molecule has 0 amide bonds. The number of benzene rings is 2. The van der Waals surface area contributed by atoms with E-state index < -0.39 is 6.10 Å². The Kier molecular flexibility index (Phi) is 7.43. The summed E-state index contributed by atoms with van der Waals surface area (Å²) < 4.78 is 0. The van der Waals surface area contributed by atoms with Crippen molar-refractivity contribution in [2.75, 3.05) is 13.1 Å². The quantitative estimate of drug-likeness (QED) is 0.609. The minimum absolute atomic E-state index is 0.169. The van der Waals surface area contributed by atoms with Gasteiger partial charge in [0.2, 0.25) is 0 Å². The average molecular weight is 411 g/mol. The van der Waals surface area contributed by atoms with Crippen LogP contribution in [-0.2, 0) is 10.8 Å². The molecule has 3 N–H and O–H groups in total. The van der Waals surface area contributed by atoms with Crippen LogP contribution in [0.25, 0.3) is 0 Å². The van der Waals surface area contributed by atoms with Gasteiger partial charge in [-0.2, -0.15) is 0 Å². The molecule has 0 spiro atoms. The largest absolute Gasteiger partial charge is 0.507 e. The molecule has 2 aromatic carbocycles. The summed E-state index contributed by atoms with van der Waals surface area (Å²) in [6.07, 6.45) is 2.41. The van der Waals surface area contributed by atoms with E-state index in [4.69, 9.17) is 0 Å². The van der Waals surface area contributed by atoms with Crippen LogP contribution in [-0.4, -0.2) is 46.9 Å². The van der Waals surface area contributed by atoms with Crippen molar-refractivity contribution in [3.63, 3.8) is 0 Å². The lowest BCUT2D eigenvalue weighted by Crippen LogP contribution is -2.15. The number of para-hydroxylation sites is 2. The molecule has 2 rings (SSSR count). The number of aliphatic imine (C=N–C) groups is 2. The van der Waals surface area contributed by atoms with E-state index in [0.717, 1.165) is 11.1 Å². The molecule has 162 valence electrons. The van der Waals surface area contributed by atoms with Crippen LogP contribution in [0.15, 0.2) is 46.4 Å².